The van der Waals surface area contributed by atoms with Gasteiger partial charge < -0.3 is 10.1 Å². The van der Waals surface area contributed by atoms with E-state index in [9.17, 15) is 9.18 Å². The Morgan fingerprint density at radius 3 is 3.00 bits per heavy atom. The number of fused-ring (bicyclic) bond motifs is 1. The number of hydrogen-bond donors (Lipinski definition) is 1. The van der Waals surface area contributed by atoms with Crippen LogP contribution in [-0.4, -0.2) is 47.1 Å². The first-order valence-electron chi connectivity index (χ1n) is 8.09. The lowest BCUT2D eigenvalue weighted by Gasteiger charge is -2.28. The van der Waals surface area contributed by atoms with Crippen molar-refractivity contribution in [3.05, 3.63) is 35.9 Å². The number of amides is 1. The smallest absolute Gasteiger partial charge is 0.280 e. The van der Waals surface area contributed by atoms with Crippen LogP contribution >= 0.6 is 0 Å². The molecule has 0 saturated carbocycles. The second-order valence-corrected chi connectivity index (χ2v) is 5.98. The molecule has 0 atom stereocenters. The number of ether oxygens (including phenoxy) is 1. The van der Waals surface area contributed by atoms with Gasteiger partial charge in [0.25, 0.3) is 5.91 Å². The quantitative estimate of drug-likeness (QED) is 0.900. The molecule has 1 fully saturated rings. The lowest BCUT2D eigenvalue weighted by molar-refractivity contribution is 0.0971. The van der Waals surface area contributed by atoms with E-state index in [2.05, 4.69) is 15.6 Å². The average Bonchev–Trinajstić information content (AvgIpc) is 3.11. The fourth-order valence-electron chi connectivity index (χ4n) is 3.17. The van der Waals surface area contributed by atoms with Crippen LogP contribution in [0, 0.1) is 5.82 Å². The van der Waals surface area contributed by atoms with E-state index in [0.717, 1.165) is 25.9 Å². The van der Waals surface area contributed by atoms with Crippen LogP contribution in [0.15, 0.2) is 24.4 Å². The zero-order valence-electron chi connectivity index (χ0n) is 13.1. The summed E-state index contributed by atoms with van der Waals surface area (Å²) in [6, 6.07) is 4.44. The average molecular weight is 331 g/mol. The van der Waals surface area contributed by atoms with Gasteiger partial charge in [0.2, 0.25) is 0 Å². The van der Waals surface area contributed by atoms with Crippen LogP contribution in [0.2, 0.25) is 0 Å². The first kappa shape index (κ1) is 15.1. The summed E-state index contributed by atoms with van der Waals surface area (Å²) in [5.74, 6) is -0.258. The van der Waals surface area contributed by atoms with Crippen LogP contribution in [-0.2, 0) is 0 Å². The molecule has 0 bridgehead atoms. The Morgan fingerprint density at radius 2 is 2.17 bits per heavy atom. The van der Waals surface area contributed by atoms with E-state index in [0.29, 0.717) is 30.3 Å². The number of hydrogen-bond acceptors (Lipinski definition) is 5. The van der Waals surface area contributed by atoms with Crippen molar-refractivity contribution in [1.82, 2.24) is 20.3 Å². The number of piperidine rings is 1. The molecule has 2 aliphatic heterocycles. The van der Waals surface area contributed by atoms with Gasteiger partial charge in [-0.3, -0.25) is 9.69 Å². The van der Waals surface area contributed by atoms with Crippen molar-refractivity contribution in [3.8, 4) is 5.75 Å². The lowest BCUT2D eigenvalue weighted by atomic mass is 10.1. The molecule has 126 valence electrons. The van der Waals surface area contributed by atoms with Crippen molar-refractivity contribution in [2.45, 2.75) is 18.9 Å². The monoisotopic (exact) mass is 331 g/mol. The number of benzene rings is 1. The minimum atomic E-state index is -0.389. The molecule has 24 heavy (non-hydrogen) atoms. The van der Waals surface area contributed by atoms with Gasteiger partial charge in [-0.15, -0.1) is 5.10 Å². The standard InChI is InChI=1S/C16H18FN5O2/c17-11-1-2-14-15(9-11)24-8-7-21(14)16(23)13-10-22(20-19-13)12-3-5-18-6-4-12/h1-2,9-10,12,18H,3-8H2. The number of anilines is 1. The van der Waals surface area contributed by atoms with Crippen molar-refractivity contribution in [2.75, 3.05) is 31.1 Å². The van der Waals surface area contributed by atoms with E-state index < -0.39 is 0 Å². The first-order valence-corrected chi connectivity index (χ1v) is 8.09. The SMILES string of the molecule is O=C(c1cn(C2CCNCC2)nn1)N1CCOc2cc(F)ccc21. The van der Waals surface area contributed by atoms with Crippen molar-refractivity contribution in [2.24, 2.45) is 0 Å². The Bertz CT molecular complexity index is 757. The number of carbonyl (C=O) groups excluding carboxylic acids is 1. The molecule has 1 amide bonds. The van der Waals surface area contributed by atoms with Crippen molar-refractivity contribution in [1.29, 1.82) is 0 Å². The Kier molecular flexibility index (Phi) is 3.89. The van der Waals surface area contributed by atoms with Crippen LogP contribution in [0.1, 0.15) is 29.4 Å². The topological polar surface area (TPSA) is 72.3 Å². The summed E-state index contributed by atoms with van der Waals surface area (Å²) >= 11 is 0. The molecule has 3 heterocycles. The number of nitrogens with one attached hydrogen (secondary N) is 1. The molecule has 1 aromatic carbocycles. The molecule has 1 N–H and O–H groups in total. The maximum absolute atomic E-state index is 13.3. The van der Waals surface area contributed by atoms with Gasteiger partial charge in [-0.05, 0) is 38.1 Å². The minimum Gasteiger partial charge on any atom is -0.489 e. The van der Waals surface area contributed by atoms with E-state index in [1.807, 2.05) is 0 Å². The summed E-state index contributed by atoms with van der Waals surface area (Å²) in [4.78, 5) is 14.4. The molecule has 0 spiro atoms. The van der Waals surface area contributed by atoms with E-state index in [4.69, 9.17) is 4.74 Å². The highest BCUT2D eigenvalue weighted by atomic mass is 19.1. The fourth-order valence-corrected chi connectivity index (χ4v) is 3.17. The highest BCUT2D eigenvalue weighted by Crippen LogP contribution is 2.33. The second-order valence-electron chi connectivity index (χ2n) is 5.98. The van der Waals surface area contributed by atoms with Crippen LogP contribution in [0.25, 0.3) is 0 Å². The normalized spacial score (nSPS) is 18.1. The molecule has 0 aliphatic carbocycles. The summed E-state index contributed by atoms with van der Waals surface area (Å²) in [6.07, 6.45) is 3.64. The molecular weight excluding hydrogens is 313 g/mol. The lowest BCUT2D eigenvalue weighted by Crippen LogP contribution is -2.38. The van der Waals surface area contributed by atoms with Gasteiger partial charge in [0.1, 0.15) is 18.2 Å². The van der Waals surface area contributed by atoms with Crippen LogP contribution in [0.5, 0.6) is 5.75 Å². The number of aromatic nitrogens is 3. The molecule has 0 unspecified atom stereocenters. The third-order valence-corrected chi connectivity index (χ3v) is 4.44. The molecule has 8 heteroatoms. The minimum absolute atomic E-state index is 0.244. The molecule has 0 radical (unpaired) electrons. The largest absolute Gasteiger partial charge is 0.489 e. The Labute approximate surface area is 138 Å². The summed E-state index contributed by atoms with van der Waals surface area (Å²) in [5, 5.41) is 11.5. The Hall–Kier alpha value is -2.48. The second kappa shape index (κ2) is 6.20. The third kappa shape index (κ3) is 2.73. The predicted octanol–water partition coefficient (Wildman–Crippen LogP) is 1.38. The summed E-state index contributed by atoms with van der Waals surface area (Å²) < 4.78 is 20.6. The highest BCUT2D eigenvalue weighted by molar-refractivity contribution is 6.05. The number of carbonyl (C=O) groups is 1. The molecule has 2 aromatic rings. The van der Waals surface area contributed by atoms with Gasteiger partial charge in [0.15, 0.2) is 5.69 Å². The summed E-state index contributed by atoms with van der Waals surface area (Å²) in [5.41, 5.74) is 0.856. The third-order valence-electron chi connectivity index (χ3n) is 4.44. The van der Waals surface area contributed by atoms with Crippen LogP contribution in [0.3, 0.4) is 0 Å². The van der Waals surface area contributed by atoms with E-state index in [1.54, 1.807) is 21.8 Å². The Balaban J connectivity index is 1.57. The van der Waals surface area contributed by atoms with E-state index in [-0.39, 0.29) is 17.8 Å². The molecule has 1 aromatic heterocycles. The van der Waals surface area contributed by atoms with Gasteiger partial charge in [-0.1, -0.05) is 5.21 Å². The Morgan fingerprint density at radius 1 is 1.33 bits per heavy atom. The number of halogens is 1. The van der Waals surface area contributed by atoms with Crippen molar-refractivity contribution >= 4 is 11.6 Å². The highest BCUT2D eigenvalue weighted by Gasteiger charge is 2.27. The van der Waals surface area contributed by atoms with Gasteiger partial charge in [-0.2, -0.15) is 0 Å². The van der Waals surface area contributed by atoms with Crippen molar-refractivity contribution < 1.29 is 13.9 Å². The number of nitrogens with zero attached hydrogens (tertiary/aromatic N) is 4. The predicted molar refractivity (Wildman–Crippen MR) is 84.7 cm³/mol. The molecule has 4 rings (SSSR count). The number of rotatable bonds is 2. The van der Waals surface area contributed by atoms with Crippen LogP contribution in [0.4, 0.5) is 10.1 Å². The fraction of sp³-hybridized carbons (Fsp3) is 0.438. The molecular formula is C16H18FN5O2. The van der Waals surface area contributed by atoms with Gasteiger partial charge in [-0.25, -0.2) is 9.07 Å². The summed E-state index contributed by atoms with van der Waals surface area (Å²) in [7, 11) is 0. The van der Waals surface area contributed by atoms with E-state index in [1.165, 1.54) is 12.1 Å². The molecule has 2 aliphatic rings. The van der Waals surface area contributed by atoms with Gasteiger partial charge >= 0.3 is 0 Å². The van der Waals surface area contributed by atoms with Crippen molar-refractivity contribution in [3.63, 3.8) is 0 Å². The zero-order valence-corrected chi connectivity index (χ0v) is 13.1. The summed E-state index contributed by atoms with van der Waals surface area (Å²) in [6.45, 7) is 2.61. The molecule has 7 nitrogen and oxygen atoms in total. The first-order chi connectivity index (χ1) is 11.7. The van der Waals surface area contributed by atoms with Gasteiger partial charge in [0.05, 0.1) is 24.5 Å². The maximum Gasteiger partial charge on any atom is 0.280 e. The molecule has 1 saturated heterocycles. The van der Waals surface area contributed by atoms with E-state index >= 15 is 0 Å². The zero-order chi connectivity index (χ0) is 16.5. The maximum atomic E-state index is 13.3. The van der Waals surface area contributed by atoms with Crippen LogP contribution < -0.4 is 15.0 Å². The van der Waals surface area contributed by atoms with Gasteiger partial charge in [0, 0.05) is 6.07 Å².